The molecular weight excluding hydrogens is 228 g/mol. The molecule has 0 aliphatic carbocycles. The summed E-state index contributed by atoms with van der Waals surface area (Å²) >= 11 is 0. The zero-order valence-electron chi connectivity index (χ0n) is 11.0. The van der Waals surface area contributed by atoms with Crippen LogP contribution in [0.3, 0.4) is 0 Å². The lowest BCUT2D eigenvalue weighted by atomic mass is 10.1. The summed E-state index contributed by atoms with van der Waals surface area (Å²) in [5.41, 5.74) is 1.78. The molecule has 1 fully saturated rings. The number of ether oxygens (including phenoxy) is 1. The number of benzene rings is 1. The highest BCUT2D eigenvalue weighted by Crippen LogP contribution is 2.19. The lowest BCUT2D eigenvalue weighted by Gasteiger charge is -2.35. The number of rotatable bonds is 3. The van der Waals surface area contributed by atoms with E-state index in [1.165, 1.54) is 0 Å². The molecule has 4 heteroatoms. The Hall–Kier alpha value is -1.55. The van der Waals surface area contributed by atoms with E-state index in [-0.39, 0.29) is 5.97 Å². The van der Waals surface area contributed by atoms with Crippen LogP contribution in [0, 0.1) is 0 Å². The molecular formula is C14H20N2O2. The van der Waals surface area contributed by atoms with E-state index in [2.05, 4.69) is 17.1 Å². The van der Waals surface area contributed by atoms with E-state index in [0.29, 0.717) is 18.2 Å². The molecule has 1 aromatic carbocycles. The Labute approximate surface area is 108 Å². The highest BCUT2D eigenvalue weighted by atomic mass is 16.5. The fraction of sp³-hybridized carbons (Fsp3) is 0.500. The summed E-state index contributed by atoms with van der Waals surface area (Å²) in [5, 5.41) is 3.36. The van der Waals surface area contributed by atoms with Crippen LogP contribution in [0.4, 0.5) is 5.69 Å². The Bertz CT molecular complexity index is 403. The monoisotopic (exact) mass is 248 g/mol. The van der Waals surface area contributed by atoms with Crippen LogP contribution in [-0.2, 0) is 4.74 Å². The topological polar surface area (TPSA) is 41.6 Å². The number of nitrogens with zero attached hydrogens (tertiary/aromatic N) is 1. The van der Waals surface area contributed by atoms with E-state index >= 15 is 0 Å². The molecule has 18 heavy (non-hydrogen) atoms. The van der Waals surface area contributed by atoms with Crippen molar-refractivity contribution >= 4 is 11.7 Å². The molecule has 1 aliphatic heterocycles. The van der Waals surface area contributed by atoms with Crippen LogP contribution in [0.15, 0.2) is 24.3 Å². The summed E-state index contributed by atoms with van der Waals surface area (Å²) < 4.78 is 4.97. The lowest BCUT2D eigenvalue weighted by Crippen LogP contribution is -2.49. The third kappa shape index (κ3) is 2.82. The van der Waals surface area contributed by atoms with Gasteiger partial charge in [0.2, 0.25) is 0 Å². The van der Waals surface area contributed by atoms with Gasteiger partial charge in [0, 0.05) is 31.4 Å². The second-order valence-electron chi connectivity index (χ2n) is 4.51. The largest absolute Gasteiger partial charge is 0.462 e. The maximum absolute atomic E-state index is 11.6. The normalized spacial score (nSPS) is 19.7. The van der Waals surface area contributed by atoms with Crippen LogP contribution < -0.4 is 10.2 Å². The molecule has 1 saturated heterocycles. The molecule has 0 aromatic heterocycles. The second-order valence-corrected chi connectivity index (χ2v) is 4.51. The van der Waals surface area contributed by atoms with Gasteiger partial charge < -0.3 is 15.0 Å². The Morgan fingerprint density at radius 2 is 2.17 bits per heavy atom. The van der Waals surface area contributed by atoms with Gasteiger partial charge in [-0.25, -0.2) is 4.79 Å². The first kappa shape index (κ1) is 12.9. The van der Waals surface area contributed by atoms with Gasteiger partial charge in [-0.05, 0) is 38.1 Å². The predicted molar refractivity (Wildman–Crippen MR) is 72.1 cm³/mol. The van der Waals surface area contributed by atoms with E-state index in [9.17, 15) is 4.79 Å². The molecule has 98 valence electrons. The molecule has 0 spiro atoms. The van der Waals surface area contributed by atoms with Gasteiger partial charge in [-0.2, -0.15) is 0 Å². The molecule has 4 nitrogen and oxygen atoms in total. The van der Waals surface area contributed by atoms with Crippen molar-refractivity contribution in [3.8, 4) is 0 Å². The first-order valence-electron chi connectivity index (χ1n) is 6.47. The number of anilines is 1. The number of carbonyl (C=O) groups excluding carboxylic acids is 1. The van der Waals surface area contributed by atoms with Gasteiger partial charge in [0.1, 0.15) is 0 Å². The average Bonchev–Trinajstić information content (AvgIpc) is 2.40. The second kappa shape index (κ2) is 5.87. The molecule has 0 bridgehead atoms. The van der Waals surface area contributed by atoms with Gasteiger partial charge in [-0.3, -0.25) is 0 Å². The first-order chi connectivity index (χ1) is 8.72. The van der Waals surface area contributed by atoms with Crippen LogP contribution in [0.1, 0.15) is 24.2 Å². The van der Waals surface area contributed by atoms with E-state index in [1.54, 1.807) is 0 Å². The minimum atomic E-state index is -0.252. The highest BCUT2D eigenvalue weighted by molar-refractivity contribution is 5.89. The fourth-order valence-corrected chi connectivity index (χ4v) is 2.23. The number of carbonyl (C=O) groups is 1. The smallest absolute Gasteiger partial charge is 0.338 e. The van der Waals surface area contributed by atoms with Crippen LogP contribution in [0.25, 0.3) is 0 Å². The number of piperazine rings is 1. The van der Waals surface area contributed by atoms with Gasteiger partial charge in [0.25, 0.3) is 0 Å². The molecule has 0 radical (unpaired) electrons. The van der Waals surface area contributed by atoms with Crippen LogP contribution in [0.2, 0.25) is 0 Å². The van der Waals surface area contributed by atoms with E-state index < -0.39 is 0 Å². The summed E-state index contributed by atoms with van der Waals surface area (Å²) in [6.07, 6.45) is 0. The van der Waals surface area contributed by atoms with Gasteiger partial charge in [0.15, 0.2) is 0 Å². The van der Waals surface area contributed by atoms with Crippen molar-refractivity contribution in [3.05, 3.63) is 29.8 Å². The lowest BCUT2D eigenvalue weighted by molar-refractivity contribution is 0.0526. The van der Waals surface area contributed by atoms with E-state index in [1.807, 2.05) is 31.2 Å². The third-order valence-corrected chi connectivity index (χ3v) is 3.21. The fourth-order valence-electron chi connectivity index (χ4n) is 2.23. The quantitative estimate of drug-likeness (QED) is 0.826. The molecule has 1 heterocycles. The summed E-state index contributed by atoms with van der Waals surface area (Å²) in [6.45, 7) is 7.43. The van der Waals surface area contributed by atoms with E-state index in [0.717, 1.165) is 25.3 Å². The molecule has 1 N–H and O–H groups in total. The highest BCUT2D eigenvalue weighted by Gasteiger charge is 2.18. The molecule has 1 aromatic rings. The minimum Gasteiger partial charge on any atom is -0.462 e. The van der Waals surface area contributed by atoms with Crippen molar-refractivity contribution in [2.75, 3.05) is 31.1 Å². The summed E-state index contributed by atoms with van der Waals surface area (Å²) in [7, 11) is 0. The average molecular weight is 248 g/mol. The molecule has 0 saturated carbocycles. The van der Waals surface area contributed by atoms with Crippen molar-refractivity contribution in [1.82, 2.24) is 5.32 Å². The summed E-state index contributed by atoms with van der Waals surface area (Å²) in [5.74, 6) is -0.252. The number of hydrogen-bond donors (Lipinski definition) is 1. The van der Waals surface area contributed by atoms with Gasteiger partial charge in [-0.1, -0.05) is 0 Å². The van der Waals surface area contributed by atoms with Crippen molar-refractivity contribution in [2.24, 2.45) is 0 Å². The number of nitrogens with one attached hydrogen (secondary N) is 1. The Morgan fingerprint density at radius 1 is 1.44 bits per heavy atom. The van der Waals surface area contributed by atoms with Crippen molar-refractivity contribution in [1.29, 1.82) is 0 Å². The third-order valence-electron chi connectivity index (χ3n) is 3.21. The Balaban J connectivity index is 2.09. The van der Waals surface area contributed by atoms with Gasteiger partial charge in [0.05, 0.1) is 12.2 Å². The van der Waals surface area contributed by atoms with Gasteiger partial charge >= 0.3 is 5.97 Å². The van der Waals surface area contributed by atoms with E-state index in [4.69, 9.17) is 4.74 Å². The molecule has 0 unspecified atom stereocenters. The number of hydrogen-bond acceptors (Lipinski definition) is 4. The molecule has 0 amide bonds. The van der Waals surface area contributed by atoms with Crippen molar-refractivity contribution < 1.29 is 9.53 Å². The predicted octanol–water partition coefficient (Wildman–Crippen LogP) is 1.66. The Morgan fingerprint density at radius 3 is 2.78 bits per heavy atom. The van der Waals surface area contributed by atoms with Crippen molar-refractivity contribution in [2.45, 2.75) is 19.9 Å². The first-order valence-corrected chi connectivity index (χ1v) is 6.47. The van der Waals surface area contributed by atoms with Crippen LogP contribution in [-0.4, -0.2) is 38.3 Å². The standard InChI is InChI=1S/C14H20N2O2/c1-3-18-14(17)12-4-6-13(7-5-12)16-9-8-15-10-11(16)2/h4-7,11,15H,3,8-10H2,1-2H3/t11-/m0/s1. The zero-order valence-corrected chi connectivity index (χ0v) is 11.0. The summed E-state index contributed by atoms with van der Waals surface area (Å²) in [4.78, 5) is 13.9. The number of esters is 1. The SMILES string of the molecule is CCOC(=O)c1ccc(N2CCNC[C@@H]2C)cc1. The zero-order chi connectivity index (χ0) is 13.0. The molecule has 2 rings (SSSR count). The maximum atomic E-state index is 11.6. The Kier molecular flexibility index (Phi) is 4.20. The van der Waals surface area contributed by atoms with Crippen LogP contribution in [0.5, 0.6) is 0 Å². The molecule has 1 aliphatic rings. The maximum Gasteiger partial charge on any atom is 0.338 e. The van der Waals surface area contributed by atoms with Crippen LogP contribution >= 0.6 is 0 Å². The summed E-state index contributed by atoms with van der Waals surface area (Å²) in [6, 6.07) is 8.14. The van der Waals surface area contributed by atoms with Gasteiger partial charge in [-0.15, -0.1) is 0 Å². The molecule has 1 atom stereocenters. The van der Waals surface area contributed by atoms with Crippen molar-refractivity contribution in [3.63, 3.8) is 0 Å². The minimum absolute atomic E-state index is 0.252.